The molecule has 0 aliphatic heterocycles. The van der Waals surface area contributed by atoms with E-state index in [1.54, 1.807) is 78.9 Å². The van der Waals surface area contributed by atoms with Gasteiger partial charge in [0.1, 0.15) is 5.75 Å². The Bertz CT molecular complexity index is 1880. The summed E-state index contributed by atoms with van der Waals surface area (Å²) >= 11 is 12.2. The average Bonchev–Trinajstić information content (AvgIpc) is 3.13. The van der Waals surface area contributed by atoms with Crippen molar-refractivity contribution in [2.45, 2.75) is 6.54 Å². The second kappa shape index (κ2) is 19.1. The number of phenolic OH excluding ortho intramolecular Hbond substituents is 1. The number of nitrogens with one attached hydrogen (secondary N) is 5. The minimum Gasteiger partial charge on any atom is -0.508 e. The lowest BCUT2D eigenvalue weighted by molar-refractivity contribution is 0.0519. The molecule has 264 valence electrons. The van der Waals surface area contributed by atoms with E-state index in [4.69, 9.17) is 32.7 Å². The highest BCUT2D eigenvalue weighted by Gasteiger charge is 2.11. The van der Waals surface area contributed by atoms with Gasteiger partial charge in [0, 0.05) is 52.2 Å². The quantitative estimate of drug-likeness (QED) is 0.0450. The highest BCUT2D eigenvalue weighted by molar-refractivity contribution is 6.35. The van der Waals surface area contributed by atoms with E-state index >= 15 is 0 Å². The summed E-state index contributed by atoms with van der Waals surface area (Å²) in [5.74, 6) is 0.519. The third kappa shape index (κ3) is 12.1. The zero-order chi connectivity index (χ0) is 35.8. The van der Waals surface area contributed by atoms with Crippen molar-refractivity contribution in [2.75, 3.05) is 55.5 Å². The molecule has 0 aliphatic carbocycles. The molecule has 1 heterocycles. The van der Waals surface area contributed by atoms with E-state index in [2.05, 4.69) is 41.5 Å². The number of halogens is 2. The van der Waals surface area contributed by atoms with Crippen molar-refractivity contribution in [1.82, 2.24) is 25.6 Å². The number of ether oxygens (including phenoxy) is 2. The van der Waals surface area contributed by atoms with E-state index in [1.807, 2.05) is 18.2 Å². The van der Waals surface area contributed by atoms with Crippen molar-refractivity contribution in [3.05, 3.63) is 124 Å². The van der Waals surface area contributed by atoms with E-state index in [1.165, 1.54) is 0 Å². The lowest BCUT2D eigenvalue weighted by Crippen LogP contribution is -2.27. The summed E-state index contributed by atoms with van der Waals surface area (Å²) in [4.78, 5) is 38.2. The van der Waals surface area contributed by atoms with Crippen molar-refractivity contribution in [1.29, 1.82) is 0 Å². The first-order chi connectivity index (χ1) is 24.8. The topological polar surface area (TPSA) is 172 Å². The van der Waals surface area contributed by atoms with Gasteiger partial charge in [0.15, 0.2) is 0 Å². The lowest BCUT2D eigenvalue weighted by Gasteiger charge is -2.12. The predicted octanol–water partition coefficient (Wildman–Crippen LogP) is 6.18. The summed E-state index contributed by atoms with van der Waals surface area (Å²) in [7, 11) is 0. The molecular weight excluding hydrogens is 695 g/mol. The normalized spacial score (nSPS) is 10.7. The predicted molar refractivity (Wildman–Crippen MR) is 197 cm³/mol. The molecule has 0 saturated heterocycles. The van der Waals surface area contributed by atoms with Crippen LogP contribution in [0.3, 0.4) is 0 Å². The largest absolute Gasteiger partial charge is 0.508 e. The van der Waals surface area contributed by atoms with Crippen molar-refractivity contribution in [3.63, 3.8) is 0 Å². The van der Waals surface area contributed by atoms with Crippen LogP contribution in [0.2, 0.25) is 10.0 Å². The molecule has 0 spiro atoms. The molecule has 0 atom stereocenters. The van der Waals surface area contributed by atoms with Crippen LogP contribution >= 0.6 is 23.2 Å². The summed E-state index contributed by atoms with van der Waals surface area (Å²) in [6.07, 6.45) is 0. The highest BCUT2D eigenvalue weighted by Crippen LogP contribution is 2.22. The Morgan fingerprint density at radius 2 is 1.20 bits per heavy atom. The maximum absolute atomic E-state index is 12.7. The number of hydrogen-bond acceptors (Lipinski definition) is 11. The highest BCUT2D eigenvalue weighted by atomic mass is 35.5. The van der Waals surface area contributed by atoms with E-state index < -0.39 is 0 Å². The number of benzene rings is 4. The number of aromatic hydroxyl groups is 1. The standard InChI is InChI=1S/C36H36Cl2N8O5/c37-27-9-6-26(31(38)22-27)23-41-33(49)25-7-10-28(11-8-25)42-35-44-34(45-36(46-35)43-29-12-14-30(47)15-13-29)40-17-19-51-21-20-50-18-16-39-32(48)24-4-2-1-3-5-24/h1-15,22,47H,16-21,23H2,(H,39,48)(H,41,49)(H3,40,42,43,44,45,46). The second-order valence-corrected chi connectivity index (χ2v) is 11.7. The summed E-state index contributed by atoms with van der Waals surface area (Å²) in [6, 6.07) is 27.4. The smallest absolute Gasteiger partial charge is 0.251 e. The van der Waals surface area contributed by atoms with Crippen LogP contribution in [0.25, 0.3) is 0 Å². The number of amides is 2. The number of carbonyl (C=O) groups excluding carboxylic acids is 2. The van der Waals surface area contributed by atoms with Crippen molar-refractivity contribution >= 4 is 64.2 Å². The molecule has 4 aromatic carbocycles. The van der Waals surface area contributed by atoms with Gasteiger partial charge in [-0.3, -0.25) is 9.59 Å². The maximum atomic E-state index is 12.7. The molecule has 51 heavy (non-hydrogen) atoms. The molecule has 1 aromatic heterocycles. The third-order valence-corrected chi connectivity index (χ3v) is 7.67. The second-order valence-electron chi connectivity index (χ2n) is 10.9. The first kappa shape index (κ1) is 36.8. The molecule has 0 radical (unpaired) electrons. The summed E-state index contributed by atoms with van der Waals surface area (Å²) in [5, 5.41) is 25.7. The Balaban J connectivity index is 1.10. The molecule has 0 saturated carbocycles. The van der Waals surface area contributed by atoms with Gasteiger partial charge < -0.3 is 41.2 Å². The Morgan fingerprint density at radius 1 is 0.627 bits per heavy atom. The van der Waals surface area contributed by atoms with Gasteiger partial charge in [0.2, 0.25) is 17.8 Å². The molecule has 15 heteroatoms. The van der Waals surface area contributed by atoms with Crippen molar-refractivity contribution in [2.24, 2.45) is 0 Å². The SMILES string of the molecule is O=C(NCCOCCOCCNc1nc(Nc2ccc(O)cc2)nc(Nc2ccc(C(=O)NCc3ccc(Cl)cc3Cl)cc2)n1)c1ccccc1. The average molecular weight is 732 g/mol. The van der Waals surface area contributed by atoms with Crippen molar-refractivity contribution < 1.29 is 24.2 Å². The van der Waals surface area contributed by atoms with Gasteiger partial charge in [-0.15, -0.1) is 0 Å². The van der Waals surface area contributed by atoms with E-state index in [9.17, 15) is 14.7 Å². The summed E-state index contributed by atoms with van der Waals surface area (Å²) in [5.41, 5.74) is 3.12. The molecule has 0 unspecified atom stereocenters. The summed E-state index contributed by atoms with van der Waals surface area (Å²) < 4.78 is 11.2. The molecule has 5 aromatic rings. The van der Waals surface area contributed by atoms with Gasteiger partial charge in [-0.2, -0.15) is 15.0 Å². The Kier molecular flexibility index (Phi) is 13.8. The lowest BCUT2D eigenvalue weighted by atomic mass is 10.1. The first-order valence-corrected chi connectivity index (χ1v) is 16.7. The van der Waals surface area contributed by atoms with Crippen LogP contribution in [0.15, 0.2) is 97.1 Å². The minimum atomic E-state index is -0.263. The van der Waals surface area contributed by atoms with Gasteiger partial charge in [-0.1, -0.05) is 47.5 Å². The molecular formula is C36H36Cl2N8O5. The first-order valence-electron chi connectivity index (χ1n) is 16.0. The fourth-order valence-electron chi connectivity index (χ4n) is 4.50. The Hall–Kier alpha value is -5.47. The van der Waals surface area contributed by atoms with Crippen LogP contribution in [0.5, 0.6) is 5.75 Å². The van der Waals surface area contributed by atoms with E-state index in [-0.39, 0.29) is 36.0 Å². The number of phenols is 1. The molecule has 2 amide bonds. The summed E-state index contributed by atoms with van der Waals surface area (Å²) in [6.45, 7) is 2.52. The van der Waals surface area contributed by atoms with Gasteiger partial charge in [-0.05, 0) is 78.4 Å². The van der Waals surface area contributed by atoms with Gasteiger partial charge in [0.05, 0.1) is 26.4 Å². The van der Waals surface area contributed by atoms with Crippen molar-refractivity contribution in [3.8, 4) is 5.75 Å². The van der Waals surface area contributed by atoms with Gasteiger partial charge in [-0.25, -0.2) is 0 Å². The Morgan fingerprint density at radius 3 is 1.84 bits per heavy atom. The number of rotatable bonds is 18. The van der Waals surface area contributed by atoms with Gasteiger partial charge in [0.25, 0.3) is 11.8 Å². The minimum absolute atomic E-state index is 0.132. The Labute approximate surface area is 304 Å². The van der Waals surface area contributed by atoms with Crippen LogP contribution in [-0.4, -0.2) is 71.4 Å². The molecule has 0 fully saturated rings. The monoisotopic (exact) mass is 730 g/mol. The van der Waals surface area contributed by atoms with Crippen LogP contribution < -0.4 is 26.6 Å². The van der Waals surface area contributed by atoms with Gasteiger partial charge >= 0.3 is 0 Å². The van der Waals surface area contributed by atoms with Crippen LogP contribution in [0.4, 0.5) is 29.2 Å². The number of hydrogen-bond donors (Lipinski definition) is 6. The fourth-order valence-corrected chi connectivity index (χ4v) is 4.98. The number of nitrogens with zero attached hydrogens (tertiary/aromatic N) is 3. The number of carbonyl (C=O) groups is 2. The zero-order valence-electron chi connectivity index (χ0n) is 27.4. The van der Waals surface area contributed by atoms with Crippen LogP contribution in [0.1, 0.15) is 26.3 Å². The molecule has 0 bridgehead atoms. The molecule has 0 aliphatic rings. The van der Waals surface area contributed by atoms with E-state index in [0.29, 0.717) is 78.0 Å². The third-order valence-electron chi connectivity index (χ3n) is 7.09. The molecule has 13 nitrogen and oxygen atoms in total. The van der Waals surface area contributed by atoms with Crippen LogP contribution in [-0.2, 0) is 16.0 Å². The van der Waals surface area contributed by atoms with E-state index in [0.717, 1.165) is 5.56 Å². The molecule has 6 N–H and O–H groups in total. The van der Waals surface area contributed by atoms with Crippen LogP contribution in [0, 0.1) is 0 Å². The number of anilines is 5. The zero-order valence-corrected chi connectivity index (χ0v) is 28.9. The maximum Gasteiger partial charge on any atom is 0.251 e. The fraction of sp³-hybridized carbons (Fsp3) is 0.194. The number of aromatic nitrogens is 3. The molecule has 5 rings (SSSR count).